The quantitative estimate of drug-likeness (QED) is 0.562. The van der Waals surface area contributed by atoms with E-state index in [0.29, 0.717) is 0 Å². The van der Waals surface area contributed by atoms with Crippen molar-refractivity contribution >= 4 is 16.7 Å². The van der Waals surface area contributed by atoms with Crippen LogP contribution in [0.15, 0.2) is 54.6 Å². The highest BCUT2D eigenvalue weighted by Gasteiger charge is 2.07. The third-order valence-electron chi connectivity index (χ3n) is 3.42. The van der Waals surface area contributed by atoms with Gasteiger partial charge in [-0.05, 0) is 30.7 Å². The lowest BCUT2D eigenvalue weighted by Gasteiger charge is -2.10. The van der Waals surface area contributed by atoms with Gasteiger partial charge in [0, 0.05) is 17.4 Å². The summed E-state index contributed by atoms with van der Waals surface area (Å²) in [7, 11) is 0. The van der Waals surface area contributed by atoms with Crippen LogP contribution in [0, 0.1) is 6.92 Å². The summed E-state index contributed by atoms with van der Waals surface area (Å²) in [5, 5.41) is 1.15. The number of nitrogen functional groups attached to an aromatic ring is 1. The van der Waals surface area contributed by atoms with E-state index < -0.39 is 0 Å². The number of nitrogens with zero attached hydrogens (tertiary/aromatic N) is 1. The van der Waals surface area contributed by atoms with Crippen LogP contribution in [0.5, 0.6) is 0 Å². The highest BCUT2D eigenvalue weighted by Crippen LogP contribution is 2.23. The molecule has 1 heterocycles. The standard InChI is InChI=1S/C17H17N3/c1-12-7-8-16-14(9-12)11-15(17(19-16)20-18)10-13-5-3-2-4-6-13/h2-9,11H,10,18H2,1H3,(H,19,20). The second-order valence-corrected chi connectivity index (χ2v) is 5.00. The molecule has 1 aromatic heterocycles. The van der Waals surface area contributed by atoms with Gasteiger partial charge in [0.15, 0.2) is 0 Å². The van der Waals surface area contributed by atoms with Gasteiger partial charge in [-0.15, -0.1) is 0 Å². The van der Waals surface area contributed by atoms with Crippen LogP contribution in [0.1, 0.15) is 16.7 Å². The number of pyridine rings is 1. The Hall–Kier alpha value is -2.39. The summed E-state index contributed by atoms with van der Waals surface area (Å²) < 4.78 is 0. The molecule has 0 saturated carbocycles. The van der Waals surface area contributed by atoms with Crippen LogP contribution in [-0.4, -0.2) is 4.98 Å². The number of benzene rings is 2. The largest absolute Gasteiger partial charge is 0.308 e. The minimum atomic E-state index is 0.741. The van der Waals surface area contributed by atoms with Crippen molar-refractivity contribution in [2.24, 2.45) is 5.84 Å². The molecule has 0 fully saturated rings. The van der Waals surface area contributed by atoms with E-state index >= 15 is 0 Å². The fourth-order valence-corrected chi connectivity index (χ4v) is 2.42. The molecule has 0 saturated heterocycles. The Morgan fingerprint density at radius 1 is 1.05 bits per heavy atom. The van der Waals surface area contributed by atoms with Crippen LogP contribution in [0.3, 0.4) is 0 Å². The van der Waals surface area contributed by atoms with Crippen molar-refractivity contribution in [3.05, 3.63) is 71.3 Å². The minimum absolute atomic E-state index is 0.741. The van der Waals surface area contributed by atoms with E-state index in [1.165, 1.54) is 11.1 Å². The zero-order chi connectivity index (χ0) is 13.9. The Kier molecular flexibility index (Phi) is 3.35. The Balaban J connectivity index is 2.08. The van der Waals surface area contributed by atoms with Crippen molar-refractivity contribution in [1.82, 2.24) is 4.98 Å². The fraction of sp³-hybridized carbons (Fsp3) is 0.118. The van der Waals surface area contributed by atoms with Crippen LogP contribution >= 0.6 is 0 Å². The molecule has 0 spiro atoms. The molecule has 3 heteroatoms. The molecule has 0 amide bonds. The normalized spacial score (nSPS) is 10.7. The van der Waals surface area contributed by atoms with Crippen molar-refractivity contribution in [3.63, 3.8) is 0 Å². The lowest BCUT2D eigenvalue weighted by atomic mass is 10.0. The zero-order valence-corrected chi connectivity index (χ0v) is 11.4. The number of rotatable bonds is 3. The lowest BCUT2D eigenvalue weighted by Crippen LogP contribution is -2.11. The first kappa shape index (κ1) is 12.6. The zero-order valence-electron chi connectivity index (χ0n) is 11.4. The fourth-order valence-electron chi connectivity index (χ4n) is 2.42. The SMILES string of the molecule is Cc1ccc2nc(NN)c(Cc3ccccc3)cc2c1. The molecule has 0 bridgehead atoms. The number of hydrogen-bond acceptors (Lipinski definition) is 3. The number of aryl methyl sites for hydroxylation is 1. The summed E-state index contributed by atoms with van der Waals surface area (Å²) in [6.07, 6.45) is 0.817. The monoisotopic (exact) mass is 263 g/mol. The van der Waals surface area contributed by atoms with E-state index in [4.69, 9.17) is 5.84 Å². The van der Waals surface area contributed by atoms with E-state index in [1.807, 2.05) is 24.3 Å². The van der Waals surface area contributed by atoms with Crippen molar-refractivity contribution < 1.29 is 0 Å². The summed E-state index contributed by atoms with van der Waals surface area (Å²) in [6.45, 7) is 2.09. The molecule has 20 heavy (non-hydrogen) atoms. The molecule has 3 N–H and O–H groups in total. The van der Waals surface area contributed by atoms with Gasteiger partial charge < -0.3 is 5.43 Å². The molecule has 3 nitrogen and oxygen atoms in total. The van der Waals surface area contributed by atoms with Crippen molar-refractivity contribution in [1.29, 1.82) is 0 Å². The molecular weight excluding hydrogens is 246 g/mol. The maximum atomic E-state index is 5.61. The van der Waals surface area contributed by atoms with Crippen molar-refractivity contribution in [2.45, 2.75) is 13.3 Å². The highest BCUT2D eigenvalue weighted by molar-refractivity contribution is 5.82. The molecule has 3 rings (SSSR count). The summed E-state index contributed by atoms with van der Waals surface area (Å²) in [6, 6.07) is 18.7. The van der Waals surface area contributed by atoms with Gasteiger partial charge in [0.1, 0.15) is 5.82 Å². The Morgan fingerprint density at radius 3 is 2.60 bits per heavy atom. The molecule has 3 aromatic rings. The van der Waals surface area contributed by atoms with Crippen LogP contribution in [0.2, 0.25) is 0 Å². The van der Waals surface area contributed by atoms with E-state index in [2.05, 4.69) is 47.7 Å². The number of aromatic nitrogens is 1. The summed E-state index contributed by atoms with van der Waals surface area (Å²) in [4.78, 5) is 4.59. The molecule has 0 radical (unpaired) electrons. The molecule has 2 aromatic carbocycles. The van der Waals surface area contributed by atoms with Crippen LogP contribution < -0.4 is 11.3 Å². The van der Waals surface area contributed by atoms with Crippen LogP contribution in [0.4, 0.5) is 5.82 Å². The second kappa shape index (κ2) is 5.31. The van der Waals surface area contributed by atoms with Gasteiger partial charge in [-0.2, -0.15) is 0 Å². The molecular formula is C17H17N3. The van der Waals surface area contributed by atoms with Gasteiger partial charge in [-0.3, -0.25) is 0 Å². The van der Waals surface area contributed by atoms with E-state index in [0.717, 1.165) is 28.7 Å². The first-order valence-corrected chi connectivity index (χ1v) is 6.67. The summed E-state index contributed by atoms with van der Waals surface area (Å²) in [5.41, 5.74) is 7.26. The maximum absolute atomic E-state index is 5.61. The lowest BCUT2D eigenvalue weighted by molar-refractivity contribution is 1.14. The van der Waals surface area contributed by atoms with Crippen molar-refractivity contribution in [2.75, 3.05) is 5.43 Å². The molecule has 0 unspecified atom stereocenters. The second-order valence-electron chi connectivity index (χ2n) is 5.00. The average molecular weight is 263 g/mol. The average Bonchev–Trinajstić information content (AvgIpc) is 2.47. The number of hydrazine groups is 1. The first-order valence-electron chi connectivity index (χ1n) is 6.67. The molecule has 0 atom stereocenters. The smallest absolute Gasteiger partial charge is 0.144 e. The third-order valence-corrected chi connectivity index (χ3v) is 3.42. The number of fused-ring (bicyclic) bond motifs is 1. The number of anilines is 1. The Bertz CT molecular complexity index is 736. The van der Waals surface area contributed by atoms with Crippen molar-refractivity contribution in [3.8, 4) is 0 Å². The van der Waals surface area contributed by atoms with Gasteiger partial charge in [-0.25, -0.2) is 10.8 Å². The van der Waals surface area contributed by atoms with Gasteiger partial charge in [0.25, 0.3) is 0 Å². The molecule has 0 aliphatic rings. The first-order chi connectivity index (χ1) is 9.76. The highest BCUT2D eigenvalue weighted by atomic mass is 15.2. The van der Waals surface area contributed by atoms with E-state index in [9.17, 15) is 0 Å². The van der Waals surface area contributed by atoms with E-state index in [1.54, 1.807) is 0 Å². The molecule has 0 aliphatic heterocycles. The third kappa shape index (κ3) is 2.49. The molecule has 0 aliphatic carbocycles. The minimum Gasteiger partial charge on any atom is -0.308 e. The Morgan fingerprint density at radius 2 is 1.85 bits per heavy atom. The summed E-state index contributed by atoms with van der Waals surface area (Å²) in [5.74, 6) is 6.35. The Labute approximate surface area is 118 Å². The van der Waals surface area contributed by atoms with E-state index in [-0.39, 0.29) is 0 Å². The molecule has 100 valence electrons. The number of nitrogens with one attached hydrogen (secondary N) is 1. The van der Waals surface area contributed by atoms with Gasteiger partial charge in [-0.1, -0.05) is 42.0 Å². The van der Waals surface area contributed by atoms with Gasteiger partial charge in [0.2, 0.25) is 0 Å². The number of nitrogens with two attached hydrogens (primary N) is 1. The van der Waals surface area contributed by atoms with Crippen LogP contribution in [0.25, 0.3) is 10.9 Å². The van der Waals surface area contributed by atoms with Crippen LogP contribution in [-0.2, 0) is 6.42 Å². The summed E-state index contributed by atoms with van der Waals surface area (Å²) >= 11 is 0. The maximum Gasteiger partial charge on any atom is 0.144 e. The van der Waals surface area contributed by atoms with Gasteiger partial charge in [0.05, 0.1) is 5.52 Å². The number of hydrogen-bond donors (Lipinski definition) is 2. The predicted molar refractivity (Wildman–Crippen MR) is 83.5 cm³/mol. The van der Waals surface area contributed by atoms with Gasteiger partial charge >= 0.3 is 0 Å². The predicted octanol–water partition coefficient (Wildman–Crippen LogP) is 3.42. The topological polar surface area (TPSA) is 50.9 Å².